The van der Waals surface area contributed by atoms with Crippen LogP contribution in [0, 0.1) is 0 Å². The van der Waals surface area contributed by atoms with Crippen molar-refractivity contribution in [3.63, 3.8) is 0 Å². The second-order valence-electron chi connectivity index (χ2n) is 9.41. The molecule has 1 aliphatic rings. The van der Waals surface area contributed by atoms with Crippen LogP contribution in [0.5, 0.6) is 5.88 Å². The van der Waals surface area contributed by atoms with E-state index < -0.39 is 21.8 Å². The molecule has 1 fully saturated rings. The molecule has 3 aromatic rings. The van der Waals surface area contributed by atoms with Crippen LogP contribution in [-0.2, 0) is 23.0 Å². The van der Waals surface area contributed by atoms with Crippen molar-refractivity contribution in [2.75, 3.05) is 44.6 Å². The largest absolute Gasteiger partial charge is 0.477 e. The van der Waals surface area contributed by atoms with Gasteiger partial charge in [0.25, 0.3) is 11.8 Å². The molecule has 0 aromatic carbocycles. The first-order valence-corrected chi connectivity index (χ1v) is 15.0. The molecule has 1 saturated heterocycles. The highest BCUT2D eigenvalue weighted by Crippen LogP contribution is 2.28. The third kappa shape index (κ3) is 6.69. The number of ether oxygens (including phenoxy) is 1. The van der Waals surface area contributed by atoms with Crippen molar-refractivity contribution in [3.05, 3.63) is 53.2 Å². The van der Waals surface area contributed by atoms with Crippen molar-refractivity contribution < 1.29 is 22.7 Å². The van der Waals surface area contributed by atoms with Gasteiger partial charge in [0, 0.05) is 32.4 Å². The van der Waals surface area contributed by atoms with Gasteiger partial charge in [-0.3, -0.25) is 14.3 Å². The molecule has 1 aliphatic heterocycles. The molecule has 220 valence electrons. The molecule has 15 heteroatoms. The third-order valence-corrected chi connectivity index (χ3v) is 8.59. The number of amides is 2. The van der Waals surface area contributed by atoms with E-state index in [0.29, 0.717) is 50.4 Å². The Bertz CT molecular complexity index is 1490. The van der Waals surface area contributed by atoms with Crippen LogP contribution in [0.4, 0.5) is 5.69 Å². The molecule has 41 heavy (non-hydrogen) atoms. The van der Waals surface area contributed by atoms with E-state index >= 15 is 0 Å². The molecule has 0 spiro atoms. The maximum Gasteiger partial charge on any atom is 0.271 e. The number of nitrogens with zero attached hydrogens (tertiary/aromatic N) is 7. The number of anilines is 1. The minimum atomic E-state index is -3.92. The summed E-state index contributed by atoms with van der Waals surface area (Å²) in [6, 6.07) is 4.75. The average Bonchev–Trinajstić information content (AvgIpc) is 3.30. The summed E-state index contributed by atoms with van der Waals surface area (Å²) >= 11 is 0. The minimum absolute atomic E-state index is 0.0376. The predicted molar refractivity (Wildman–Crippen MR) is 150 cm³/mol. The molecular weight excluding hydrogens is 550 g/mol. The molecule has 4 rings (SSSR count). The van der Waals surface area contributed by atoms with Gasteiger partial charge in [-0.15, -0.1) is 0 Å². The smallest absolute Gasteiger partial charge is 0.271 e. The first-order valence-electron chi connectivity index (χ1n) is 13.5. The van der Waals surface area contributed by atoms with Crippen molar-refractivity contribution in [1.29, 1.82) is 0 Å². The van der Waals surface area contributed by atoms with Gasteiger partial charge >= 0.3 is 0 Å². The summed E-state index contributed by atoms with van der Waals surface area (Å²) in [5.74, 6) is -1.58. The summed E-state index contributed by atoms with van der Waals surface area (Å²) < 4.78 is 35.4. The maximum atomic E-state index is 13.7. The highest BCUT2D eigenvalue weighted by atomic mass is 32.2. The Balaban J connectivity index is 1.70. The van der Waals surface area contributed by atoms with Crippen LogP contribution in [0.2, 0.25) is 0 Å². The molecule has 0 unspecified atom stereocenters. The highest BCUT2D eigenvalue weighted by molar-refractivity contribution is 7.89. The van der Waals surface area contributed by atoms with Gasteiger partial charge in [-0.25, -0.2) is 13.4 Å². The molecule has 0 aliphatic carbocycles. The van der Waals surface area contributed by atoms with Gasteiger partial charge in [0.1, 0.15) is 10.5 Å². The van der Waals surface area contributed by atoms with Crippen molar-refractivity contribution in [2.45, 2.75) is 45.1 Å². The number of hydrogen-bond donors (Lipinski definition) is 2. The highest BCUT2D eigenvalue weighted by Gasteiger charge is 2.31. The fraction of sp³-hybridized carbons (Fsp3) is 0.462. The maximum absolute atomic E-state index is 13.7. The number of sulfonamides is 1. The topological polar surface area (TPSA) is 179 Å². The number of piperazine rings is 1. The number of nitrogens with two attached hydrogens (primary N) is 1. The minimum Gasteiger partial charge on any atom is -0.477 e. The number of carbonyl (C=O) groups is 2. The summed E-state index contributed by atoms with van der Waals surface area (Å²) in [4.78, 5) is 32.3. The van der Waals surface area contributed by atoms with E-state index in [2.05, 4.69) is 30.5 Å². The summed E-state index contributed by atoms with van der Waals surface area (Å²) in [6.07, 6.45) is 3.88. The molecule has 3 N–H and O–H groups in total. The fourth-order valence-corrected chi connectivity index (χ4v) is 5.99. The zero-order chi connectivity index (χ0) is 29.6. The molecule has 14 nitrogen and oxygen atoms in total. The summed E-state index contributed by atoms with van der Waals surface area (Å²) in [5, 5.41) is 15.1. The van der Waals surface area contributed by atoms with Crippen molar-refractivity contribution in [2.24, 2.45) is 5.73 Å². The van der Waals surface area contributed by atoms with Gasteiger partial charge in [0.2, 0.25) is 15.9 Å². The van der Waals surface area contributed by atoms with E-state index in [-0.39, 0.29) is 40.9 Å². The Morgan fingerprint density at radius 2 is 1.90 bits per heavy atom. The van der Waals surface area contributed by atoms with Gasteiger partial charge < -0.3 is 20.7 Å². The van der Waals surface area contributed by atoms with Gasteiger partial charge in [0.15, 0.2) is 5.69 Å². The number of likely N-dealkylation sites (N-methyl/N-ethyl adjacent to an activating group) is 1. The Morgan fingerprint density at radius 3 is 2.51 bits per heavy atom. The SMILES string of the molecule is CCCc1c(NC(=O)c2cc(S(=O)(=O)N3CCN(CC)CC3)cnc2OCC)c(C(N)=O)nn1Cc1cccnn1. The Hall–Kier alpha value is -3.95. The van der Waals surface area contributed by atoms with E-state index in [1.54, 1.807) is 29.9 Å². The van der Waals surface area contributed by atoms with Crippen molar-refractivity contribution in [3.8, 4) is 5.88 Å². The van der Waals surface area contributed by atoms with Crippen LogP contribution in [0.1, 0.15) is 59.4 Å². The average molecular weight is 586 g/mol. The zero-order valence-corrected chi connectivity index (χ0v) is 24.2. The molecule has 4 heterocycles. The lowest BCUT2D eigenvalue weighted by molar-refractivity contribution is 0.0995. The van der Waals surface area contributed by atoms with Crippen molar-refractivity contribution in [1.82, 2.24) is 34.2 Å². The number of rotatable bonds is 12. The second-order valence-corrected chi connectivity index (χ2v) is 11.3. The number of hydrogen-bond acceptors (Lipinski definition) is 10. The lowest BCUT2D eigenvalue weighted by atomic mass is 10.1. The lowest BCUT2D eigenvalue weighted by Crippen LogP contribution is -2.48. The Labute approximate surface area is 238 Å². The first-order chi connectivity index (χ1) is 19.7. The van der Waals surface area contributed by atoms with Gasteiger partial charge in [-0.05, 0) is 38.1 Å². The standard InChI is InChI=1S/C26H35N9O5S/c1-4-8-21-22(23(24(27)36)32-35(21)17-18-9-7-10-29-31-18)30-25(37)20-15-19(16-28-26(20)40-6-3)41(38,39)34-13-11-33(5-2)12-14-34/h7,9-10,15-16H,4-6,8,11-14,17H2,1-3H3,(H2,27,36)(H,30,37). The van der Waals surface area contributed by atoms with E-state index in [0.717, 1.165) is 6.54 Å². The van der Waals surface area contributed by atoms with Crippen molar-refractivity contribution >= 4 is 27.5 Å². The monoisotopic (exact) mass is 585 g/mol. The van der Waals surface area contributed by atoms with E-state index in [4.69, 9.17) is 10.5 Å². The summed E-state index contributed by atoms with van der Waals surface area (Å²) in [5.41, 5.74) is 6.71. The number of primary amides is 1. The first kappa shape index (κ1) is 30.0. The molecule has 2 amide bonds. The van der Waals surface area contributed by atoms with E-state index in [9.17, 15) is 18.0 Å². The van der Waals surface area contributed by atoms with E-state index in [1.165, 1.54) is 16.6 Å². The van der Waals surface area contributed by atoms with Crippen LogP contribution in [0.25, 0.3) is 0 Å². The molecule has 0 atom stereocenters. The van der Waals surface area contributed by atoms with Crippen LogP contribution in [0.3, 0.4) is 0 Å². The van der Waals surface area contributed by atoms with Gasteiger partial charge in [-0.1, -0.05) is 20.3 Å². The quantitative estimate of drug-likeness (QED) is 0.313. The van der Waals surface area contributed by atoms with Crippen LogP contribution >= 0.6 is 0 Å². The normalized spacial score (nSPS) is 14.6. The van der Waals surface area contributed by atoms with Crippen LogP contribution in [-0.4, -0.2) is 93.7 Å². The number of aromatic nitrogens is 5. The fourth-order valence-electron chi connectivity index (χ4n) is 4.60. The van der Waals surface area contributed by atoms with Gasteiger partial charge in [-0.2, -0.15) is 19.6 Å². The van der Waals surface area contributed by atoms with E-state index in [1.807, 2.05) is 13.8 Å². The van der Waals surface area contributed by atoms with Crippen LogP contribution < -0.4 is 15.8 Å². The molecule has 0 saturated carbocycles. The number of nitrogens with one attached hydrogen (secondary N) is 1. The third-order valence-electron chi connectivity index (χ3n) is 6.72. The second kappa shape index (κ2) is 13.1. The molecule has 0 bridgehead atoms. The number of carbonyl (C=O) groups excluding carboxylic acids is 2. The van der Waals surface area contributed by atoms with Gasteiger partial charge in [0.05, 0.1) is 36.4 Å². The molecule has 3 aromatic heterocycles. The molecular formula is C26H35N9O5S. The van der Waals surface area contributed by atoms with Crippen LogP contribution in [0.15, 0.2) is 35.5 Å². The number of pyridine rings is 1. The molecule has 0 radical (unpaired) electrons. The predicted octanol–water partition coefficient (Wildman–Crippen LogP) is 1.15. The Kier molecular flexibility index (Phi) is 9.62. The zero-order valence-electron chi connectivity index (χ0n) is 23.4. The Morgan fingerprint density at radius 1 is 1.15 bits per heavy atom. The summed E-state index contributed by atoms with van der Waals surface area (Å²) in [6.45, 7) is 8.82. The summed E-state index contributed by atoms with van der Waals surface area (Å²) in [7, 11) is -3.92. The lowest BCUT2D eigenvalue weighted by Gasteiger charge is -2.33.